The minimum atomic E-state index is -0.487. The molecular formula is C19H28N4O2. The van der Waals surface area contributed by atoms with E-state index in [4.69, 9.17) is 9.52 Å². The maximum atomic E-state index is 13.2. The smallest absolute Gasteiger partial charge is 0.256 e. The van der Waals surface area contributed by atoms with Gasteiger partial charge in [-0.05, 0) is 39.5 Å². The topological polar surface area (TPSA) is 61.9 Å². The largest absolute Gasteiger partial charge is 0.361 e. The highest BCUT2D eigenvalue weighted by Gasteiger charge is 2.60. The van der Waals surface area contributed by atoms with E-state index in [0.717, 1.165) is 62.7 Å². The third kappa shape index (κ3) is 2.37. The molecule has 0 radical (unpaired) electrons. The number of hydrogen-bond donors (Lipinski definition) is 0. The van der Waals surface area contributed by atoms with Gasteiger partial charge in [0.2, 0.25) is 0 Å². The predicted molar refractivity (Wildman–Crippen MR) is 95.3 cm³/mol. The number of carbonyl (C=O) groups excluding carboxylic acids is 1. The van der Waals surface area contributed by atoms with Gasteiger partial charge in [0.1, 0.15) is 17.1 Å². The van der Waals surface area contributed by atoms with Crippen LogP contribution in [0.3, 0.4) is 0 Å². The first-order chi connectivity index (χ1) is 12.0. The monoisotopic (exact) mass is 344 g/mol. The maximum Gasteiger partial charge on any atom is 0.256 e. The van der Waals surface area contributed by atoms with Crippen molar-refractivity contribution in [3.05, 3.63) is 17.0 Å². The van der Waals surface area contributed by atoms with E-state index in [1.54, 1.807) is 0 Å². The van der Waals surface area contributed by atoms with Crippen molar-refractivity contribution in [1.29, 1.82) is 0 Å². The fraction of sp³-hybridized carbons (Fsp3) is 0.737. The molecule has 1 spiro atoms. The number of likely N-dealkylation sites (N-methyl/N-ethyl adjacent to an activating group) is 1. The van der Waals surface area contributed by atoms with Crippen LogP contribution in [0, 0.1) is 25.7 Å². The molecule has 1 aliphatic carbocycles. The molecule has 3 aliphatic rings. The Morgan fingerprint density at radius 1 is 1.28 bits per heavy atom. The highest BCUT2D eigenvalue weighted by molar-refractivity contribution is 6.08. The fourth-order valence-electron chi connectivity index (χ4n) is 5.16. The zero-order valence-electron chi connectivity index (χ0n) is 15.7. The van der Waals surface area contributed by atoms with Gasteiger partial charge in [0.15, 0.2) is 0 Å². The molecule has 6 heteroatoms. The zero-order chi connectivity index (χ0) is 17.8. The lowest BCUT2D eigenvalue weighted by Gasteiger charge is -2.28. The van der Waals surface area contributed by atoms with E-state index in [2.05, 4.69) is 17.0 Å². The van der Waals surface area contributed by atoms with Crippen LogP contribution in [-0.2, 0) is 11.3 Å². The molecule has 2 aliphatic heterocycles. The lowest BCUT2D eigenvalue weighted by atomic mass is 9.85. The molecule has 25 heavy (non-hydrogen) atoms. The van der Waals surface area contributed by atoms with Crippen molar-refractivity contribution >= 4 is 11.7 Å². The van der Waals surface area contributed by atoms with Gasteiger partial charge >= 0.3 is 0 Å². The first-order valence-electron chi connectivity index (χ1n) is 9.55. The molecule has 0 bridgehead atoms. The second kappa shape index (κ2) is 5.94. The van der Waals surface area contributed by atoms with Crippen LogP contribution in [-0.4, -0.2) is 51.9 Å². The molecule has 1 amide bonds. The normalized spacial score (nSPS) is 32.1. The third-order valence-electron chi connectivity index (χ3n) is 6.48. The van der Waals surface area contributed by atoms with Gasteiger partial charge in [-0.25, -0.2) is 0 Å². The molecule has 3 atom stereocenters. The number of likely N-dealkylation sites (tertiary alicyclic amines) is 1. The first-order valence-corrected chi connectivity index (χ1v) is 9.55. The summed E-state index contributed by atoms with van der Waals surface area (Å²) in [5, 5.41) is 4.07. The number of amidine groups is 1. The Morgan fingerprint density at radius 2 is 2.08 bits per heavy atom. The molecule has 4 rings (SSSR count). The summed E-state index contributed by atoms with van der Waals surface area (Å²) in [5.74, 6) is 3.06. The number of aromatic nitrogens is 1. The van der Waals surface area contributed by atoms with Crippen LogP contribution in [0.4, 0.5) is 0 Å². The van der Waals surface area contributed by atoms with Crippen LogP contribution >= 0.6 is 0 Å². The van der Waals surface area contributed by atoms with Crippen LogP contribution in [0.2, 0.25) is 0 Å². The highest BCUT2D eigenvalue weighted by Crippen LogP contribution is 2.50. The quantitative estimate of drug-likeness (QED) is 0.842. The Morgan fingerprint density at radius 3 is 2.68 bits per heavy atom. The van der Waals surface area contributed by atoms with Crippen LogP contribution in [0.15, 0.2) is 9.52 Å². The van der Waals surface area contributed by atoms with Crippen molar-refractivity contribution in [1.82, 2.24) is 15.0 Å². The molecule has 0 aromatic carbocycles. The van der Waals surface area contributed by atoms with Gasteiger partial charge in [0.25, 0.3) is 5.91 Å². The van der Waals surface area contributed by atoms with Gasteiger partial charge in [-0.2, -0.15) is 0 Å². The molecule has 1 aromatic rings. The van der Waals surface area contributed by atoms with Crippen molar-refractivity contribution in [3.8, 4) is 0 Å². The number of fused-ring (bicyclic) bond motifs is 2. The SMILES string of the molecule is CCC1=N[C@]2(CC[C@H]3CN(Cc4c(C)noc4C)C[C@H]32)C(=O)N1CC. The summed E-state index contributed by atoms with van der Waals surface area (Å²) in [6.07, 6.45) is 2.86. The standard InChI is InChI=1S/C19H28N4O2/c1-5-17-20-19(18(24)23(17)6-2)8-7-14-9-22(11-16(14)19)10-15-12(3)21-25-13(15)4/h14,16H,5-11H2,1-4H3/t14-,16+,19-/m0/s1. The van der Waals surface area contributed by atoms with Crippen molar-refractivity contribution in [3.63, 3.8) is 0 Å². The van der Waals surface area contributed by atoms with Crippen LogP contribution in [0.25, 0.3) is 0 Å². The Hall–Kier alpha value is -1.69. The van der Waals surface area contributed by atoms with Gasteiger partial charge in [-0.1, -0.05) is 12.1 Å². The summed E-state index contributed by atoms with van der Waals surface area (Å²) in [6, 6.07) is 0. The van der Waals surface area contributed by atoms with Gasteiger partial charge in [-0.3, -0.25) is 19.6 Å². The third-order valence-corrected chi connectivity index (χ3v) is 6.48. The lowest BCUT2D eigenvalue weighted by Crippen LogP contribution is -2.46. The van der Waals surface area contributed by atoms with Gasteiger partial charge in [0.05, 0.1) is 5.69 Å². The van der Waals surface area contributed by atoms with E-state index in [1.807, 2.05) is 25.7 Å². The molecule has 1 saturated carbocycles. The number of hydrogen-bond acceptors (Lipinski definition) is 5. The van der Waals surface area contributed by atoms with Crippen molar-refractivity contribution in [2.24, 2.45) is 16.8 Å². The van der Waals surface area contributed by atoms with Crippen molar-refractivity contribution in [2.75, 3.05) is 19.6 Å². The Balaban J connectivity index is 1.56. The van der Waals surface area contributed by atoms with Crippen molar-refractivity contribution < 1.29 is 9.32 Å². The Bertz CT molecular complexity index is 706. The molecule has 6 nitrogen and oxygen atoms in total. The molecule has 1 aromatic heterocycles. The van der Waals surface area contributed by atoms with E-state index in [9.17, 15) is 4.79 Å². The lowest BCUT2D eigenvalue weighted by molar-refractivity contribution is -0.132. The summed E-state index contributed by atoms with van der Waals surface area (Å²) < 4.78 is 5.31. The van der Waals surface area contributed by atoms with E-state index < -0.39 is 5.54 Å². The number of nitrogens with zero attached hydrogens (tertiary/aromatic N) is 4. The number of aryl methyl sites for hydroxylation is 2. The predicted octanol–water partition coefficient (Wildman–Crippen LogP) is 2.54. The first kappa shape index (κ1) is 16.8. The number of amides is 1. The van der Waals surface area contributed by atoms with Gasteiger partial charge in [-0.15, -0.1) is 0 Å². The van der Waals surface area contributed by atoms with E-state index in [1.165, 1.54) is 5.56 Å². The average molecular weight is 344 g/mol. The van der Waals surface area contributed by atoms with E-state index in [-0.39, 0.29) is 5.91 Å². The second-order valence-electron chi connectivity index (χ2n) is 7.76. The molecule has 136 valence electrons. The number of carbonyl (C=O) groups is 1. The maximum absolute atomic E-state index is 13.2. The number of aliphatic imine (C=N–C) groups is 1. The van der Waals surface area contributed by atoms with Crippen LogP contribution < -0.4 is 0 Å². The molecule has 0 N–H and O–H groups in total. The second-order valence-corrected chi connectivity index (χ2v) is 7.76. The molecule has 0 unspecified atom stereocenters. The molecule has 2 fully saturated rings. The fourth-order valence-corrected chi connectivity index (χ4v) is 5.16. The van der Waals surface area contributed by atoms with E-state index in [0.29, 0.717) is 11.8 Å². The number of rotatable bonds is 4. The van der Waals surface area contributed by atoms with Gasteiger partial charge < -0.3 is 4.52 Å². The van der Waals surface area contributed by atoms with E-state index >= 15 is 0 Å². The average Bonchev–Trinajstić information content (AvgIpc) is 3.30. The Labute approximate surface area is 149 Å². The summed E-state index contributed by atoms with van der Waals surface area (Å²) in [7, 11) is 0. The van der Waals surface area contributed by atoms with Crippen LogP contribution in [0.5, 0.6) is 0 Å². The summed E-state index contributed by atoms with van der Waals surface area (Å²) in [5.41, 5.74) is 1.68. The Kier molecular flexibility index (Phi) is 3.98. The molecule has 1 saturated heterocycles. The highest BCUT2D eigenvalue weighted by atomic mass is 16.5. The summed E-state index contributed by atoms with van der Waals surface area (Å²) in [4.78, 5) is 22.6. The summed E-state index contributed by atoms with van der Waals surface area (Å²) in [6.45, 7) is 11.7. The van der Waals surface area contributed by atoms with Crippen LogP contribution in [0.1, 0.15) is 50.1 Å². The minimum absolute atomic E-state index is 0.249. The molecular weight excluding hydrogens is 316 g/mol. The van der Waals surface area contributed by atoms with Gasteiger partial charge in [0, 0.05) is 44.1 Å². The minimum Gasteiger partial charge on any atom is -0.361 e. The zero-order valence-corrected chi connectivity index (χ0v) is 15.7. The summed E-state index contributed by atoms with van der Waals surface area (Å²) >= 11 is 0. The van der Waals surface area contributed by atoms with Crippen molar-refractivity contribution in [2.45, 2.75) is 59.0 Å². The molecule has 3 heterocycles.